The van der Waals surface area contributed by atoms with Crippen molar-refractivity contribution in [2.75, 3.05) is 23.0 Å². The van der Waals surface area contributed by atoms with Gasteiger partial charge >= 0.3 is 105 Å². The monoisotopic (exact) mass is 333 g/mol. The van der Waals surface area contributed by atoms with Crippen molar-refractivity contribution < 1.29 is 31.0 Å². The van der Waals surface area contributed by atoms with Crippen molar-refractivity contribution in [2.24, 2.45) is 0 Å². The Labute approximate surface area is 105 Å². The van der Waals surface area contributed by atoms with Crippen molar-refractivity contribution in [3.63, 3.8) is 0 Å². The molecule has 88 valence electrons. The molecule has 0 amide bonds. The topological polar surface area (TPSA) is 45.6 Å². The second-order valence-electron chi connectivity index (χ2n) is 4.14. The number of fused-ring (bicyclic) bond motifs is 3. The summed E-state index contributed by atoms with van der Waals surface area (Å²) in [5, 5.41) is 9.69. The summed E-state index contributed by atoms with van der Waals surface area (Å²) in [7, 11) is 0. The number of rotatable bonds is 1. The number of aliphatic hydroxyl groups is 1. The number of alkyl halides is 1. The maximum absolute atomic E-state index is 9.69. The first kappa shape index (κ1) is 10.6. The minimum absolute atomic E-state index is 0.00795. The van der Waals surface area contributed by atoms with Crippen molar-refractivity contribution in [3.8, 4) is 5.75 Å². The molecule has 0 aromatic carbocycles. The molecule has 2 atom stereocenters. The molecule has 0 unspecified atom stereocenters. The summed E-state index contributed by atoms with van der Waals surface area (Å²) >= 11 is 0.00795. The second kappa shape index (κ2) is 4.03. The average molecular weight is 333 g/mol. The number of aliphatic hydroxyl groups excluding tert-OH is 1. The van der Waals surface area contributed by atoms with Gasteiger partial charge in [0.1, 0.15) is 0 Å². The van der Waals surface area contributed by atoms with Gasteiger partial charge in [0.15, 0.2) is 0 Å². The molecule has 0 bridgehead atoms. The third-order valence-electron chi connectivity index (χ3n) is 3.13. The van der Waals surface area contributed by atoms with Gasteiger partial charge in [-0.2, -0.15) is 0 Å². The summed E-state index contributed by atoms with van der Waals surface area (Å²) < 4.78 is 7.13. The van der Waals surface area contributed by atoms with Gasteiger partial charge < -0.3 is 0 Å². The Kier molecular flexibility index (Phi) is 2.67. The van der Waals surface area contributed by atoms with Crippen molar-refractivity contribution in [3.05, 3.63) is 15.8 Å². The number of halogens is 1. The van der Waals surface area contributed by atoms with Gasteiger partial charge in [-0.05, 0) is 0 Å². The molecule has 2 aliphatic heterocycles. The molecule has 0 radical (unpaired) electrons. The van der Waals surface area contributed by atoms with Crippen LogP contribution in [0.2, 0.25) is 0 Å². The molecule has 1 N–H and O–H groups in total. The van der Waals surface area contributed by atoms with E-state index >= 15 is 0 Å². The zero-order chi connectivity index (χ0) is 11.1. The SMILES string of the molecule is C[I-]c1ccnc2c1OC[C@@H]1C[C@H](O)CN21. The van der Waals surface area contributed by atoms with Crippen LogP contribution in [0.3, 0.4) is 0 Å². The minimum atomic E-state index is -0.235. The second-order valence-corrected chi connectivity index (χ2v) is 6.38. The van der Waals surface area contributed by atoms with Crippen LogP contribution < -0.4 is 30.8 Å². The normalized spacial score (nSPS) is 27.5. The van der Waals surface area contributed by atoms with Crippen LogP contribution in [-0.4, -0.2) is 40.3 Å². The van der Waals surface area contributed by atoms with Crippen LogP contribution in [0.5, 0.6) is 5.75 Å². The standard InChI is InChI=1S/C11H14IN2O2/c1-12-9-2-3-13-11-10(9)16-6-7-4-8(15)5-14(7)11/h2-3,7-8,15H,4-6H2,1H3/q-1/t7-,8-/m0/s1. The Morgan fingerprint density at radius 2 is 2.50 bits per heavy atom. The van der Waals surface area contributed by atoms with E-state index in [0.29, 0.717) is 19.2 Å². The number of hydrogen-bond acceptors (Lipinski definition) is 4. The van der Waals surface area contributed by atoms with Crippen LogP contribution in [0.1, 0.15) is 6.42 Å². The molecule has 0 spiro atoms. The summed E-state index contributed by atoms with van der Waals surface area (Å²) in [5.41, 5.74) is 0. The fourth-order valence-corrected chi connectivity index (χ4v) is 3.80. The van der Waals surface area contributed by atoms with E-state index in [1.165, 1.54) is 3.57 Å². The summed E-state index contributed by atoms with van der Waals surface area (Å²) in [5.74, 6) is 1.90. The van der Waals surface area contributed by atoms with Gasteiger partial charge in [0.05, 0.1) is 0 Å². The van der Waals surface area contributed by atoms with Crippen molar-refractivity contribution in [1.82, 2.24) is 4.98 Å². The van der Waals surface area contributed by atoms with Gasteiger partial charge in [0, 0.05) is 0 Å². The van der Waals surface area contributed by atoms with Gasteiger partial charge in [0.2, 0.25) is 0 Å². The van der Waals surface area contributed by atoms with E-state index in [4.69, 9.17) is 4.74 Å². The average Bonchev–Trinajstić information content (AvgIpc) is 2.69. The molecule has 0 saturated carbocycles. The fraction of sp³-hybridized carbons (Fsp3) is 0.545. The third kappa shape index (κ3) is 1.57. The molecular formula is C11H14IN2O2-. The number of hydrogen-bond donors (Lipinski definition) is 1. The summed E-state index contributed by atoms with van der Waals surface area (Å²) in [6.45, 7) is 1.38. The first-order valence-electron chi connectivity index (χ1n) is 5.35. The third-order valence-corrected chi connectivity index (χ3v) is 5.14. The number of ether oxygens (including phenoxy) is 1. The van der Waals surface area contributed by atoms with E-state index in [9.17, 15) is 5.11 Å². The maximum atomic E-state index is 9.69. The zero-order valence-electron chi connectivity index (χ0n) is 9.06. The molecule has 1 aromatic rings. The molecule has 5 heteroatoms. The predicted molar refractivity (Wildman–Crippen MR) is 56.1 cm³/mol. The van der Waals surface area contributed by atoms with Crippen molar-refractivity contribution >= 4 is 5.82 Å². The van der Waals surface area contributed by atoms with E-state index < -0.39 is 0 Å². The number of pyridine rings is 1. The summed E-state index contributed by atoms with van der Waals surface area (Å²) in [4.78, 5) is 8.84. The molecule has 3 heterocycles. The van der Waals surface area contributed by atoms with Gasteiger partial charge in [0.25, 0.3) is 0 Å². The number of nitrogens with zero attached hydrogens (tertiary/aromatic N) is 2. The van der Waals surface area contributed by atoms with E-state index in [1.807, 2.05) is 6.20 Å². The summed E-state index contributed by atoms with van der Waals surface area (Å²) in [6, 6.07) is 2.36. The van der Waals surface area contributed by atoms with E-state index in [0.717, 1.165) is 18.0 Å². The first-order valence-corrected chi connectivity index (χ1v) is 8.59. The molecule has 1 saturated heterocycles. The molecule has 16 heavy (non-hydrogen) atoms. The summed E-state index contributed by atoms with van der Waals surface area (Å²) in [6.07, 6.45) is 2.42. The molecule has 2 aliphatic rings. The number of anilines is 1. The van der Waals surface area contributed by atoms with Crippen LogP contribution in [-0.2, 0) is 0 Å². The van der Waals surface area contributed by atoms with Gasteiger partial charge in [-0.25, -0.2) is 0 Å². The Morgan fingerprint density at radius 3 is 3.31 bits per heavy atom. The quantitative estimate of drug-likeness (QED) is 0.449. The zero-order valence-corrected chi connectivity index (χ0v) is 11.2. The predicted octanol–water partition coefficient (Wildman–Crippen LogP) is -2.70. The van der Waals surface area contributed by atoms with Gasteiger partial charge in [-0.1, -0.05) is 0 Å². The van der Waals surface area contributed by atoms with Crippen LogP contribution in [0.4, 0.5) is 5.82 Å². The van der Waals surface area contributed by atoms with Crippen LogP contribution in [0.25, 0.3) is 0 Å². The Balaban J connectivity index is 2.03. The van der Waals surface area contributed by atoms with E-state index in [2.05, 4.69) is 20.9 Å². The molecule has 0 aliphatic carbocycles. The Bertz CT molecular complexity index is 413. The van der Waals surface area contributed by atoms with Crippen LogP contribution in [0.15, 0.2) is 12.3 Å². The van der Waals surface area contributed by atoms with E-state index in [-0.39, 0.29) is 27.3 Å². The molecule has 3 rings (SSSR count). The first-order chi connectivity index (χ1) is 7.79. The van der Waals surface area contributed by atoms with Gasteiger partial charge in [-0.15, -0.1) is 0 Å². The van der Waals surface area contributed by atoms with E-state index in [1.54, 1.807) is 0 Å². The molecular weight excluding hydrogens is 319 g/mol. The van der Waals surface area contributed by atoms with Crippen LogP contribution >= 0.6 is 0 Å². The van der Waals surface area contributed by atoms with Gasteiger partial charge in [-0.3, -0.25) is 0 Å². The van der Waals surface area contributed by atoms with Crippen LogP contribution in [0, 0.1) is 3.57 Å². The molecule has 1 fully saturated rings. The van der Waals surface area contributed by atoms with Crippen molar-refractivity contribution in [2.45, 2.75) is 18.6 Å². The number of aromatic nitrogens is 1. The van der Waals surface area contributed by atoms with Crippen molar-refractivity contribution in [1.29, 1.82) is 0 Å². The molecule has 1 aromatic heterocycles. The molecule has 4 nitrogen and oxygen atoms in total. The fourth-order valence-electron chi connectivity index (χ4n) is 2.39. The Morgan fingerprint density at radius 1 is 1.62 bits per heavy atom. The Hall–Kier alpha value is -0.560.